The summed E-state index contributed by atoms with van der Waals surface area (Å²) in [7, 11) is 0. The fraction of sp³-hybridized carbons (Fsp3) is 0. The lowest BCUT2D eigenvalue weighted by Crippen LogP contribution is -2.14. The van der Waals surface area contributed by atoms with Crippen LogP contribution in [0.1, 0.15) is 0 Å². The molecule has 0 unspecified atom stereocenters. The van der Waals surface area contributed by atoms with E-state index in [9.17, 15) is 4.79 Å². The predicted molar refractivity (Wildman–Crippen MR) is 79.2 cm³/mol. The number of aromatic nitrogens is 3. The number of pyridine rings is 1. The number of nitrogens with zero attached hydrogens (tertiary/aromatic N) is 2. The lowest BCUT2D eigenvalue weighted by molar-refractivity contribution is 1.03. The molecule has 0 aliphatic rings. The normalized spacial score (nSPS) is 11.2. The number of hydrogen-bond acceptors (Lipinski definition) is 2. The maximum absolute atomic E-state index is 12.3. The quantitative estimate of drug-likeness (QED) is 0.572. The Bertz CT molecular complexity index is 976. The number of para-hydroxylation sites is 2. The molecule has 2 aromatic heterocycles. The van der Waals surface area contributed by atoms with Gasteiger partial charge in [0.25, 0.3) is 0 Å². The summed E-state index contributed by atoms with van der Waals surface area (Å²) in [6.07, 6.45) is 3.55. The van der Waals surface area contributed by atoms with Gasteiger partial charge in [-0.1, -0.05) is 24.3 Å². The molecule has 0 atom stereocenters. The number of fused-ring (bicyclic) bond motifs is 2. The van der Waals surface area contributed by atoms with Crippen LogP contribution < -0.4 is 5.69 Å². The molecular weight excluding hydrogens is 250 g/mol. The largest absolute Gasteiger partial charge is 0.331 e. The number of aromatic amines is 1. The van der Waals surface area contributed by atoms with Crippen molar-refractivity contribution in [2.45, 2.75) is 0 Å². The first kappa shape index (κ1) is 11.0. The van der Waals surface area contributed by atoms with Gasteiger partial charge in [0.05, 0.1) is 16.7 Å². The van der Waals surface area contributed by atoms with Gasteiger partial charge in [-0.05, 0) is 24.3 Å². The lowest BCUT2D eigenvalue weighted by atomic mass is 10.1. The Morgan fingerprint density at radius 3 is 2.85 bits per heavy atom. The second kappa shape index (κ2) is 4.06. The summed E-state index contributed by atoms with van der Waals surface area (Å²) < 4.78 is 1.71. The third kappa shape index (κ3) is 1.48. The first-order chi connectivity index (χ1) is 9.84. The van der Waals surface area contributed by atoms with Crippen LogP contribution in [0.4, 0.5) is 0 Å². The number of benzene rings is 2. The topological polar surface area (TPSA) is 50.7 Å². The maximum Gasteiger partial charge on any atom is 0.331 e. The molecule has 0 aliphatic heterocycles. The van der Waals surface area contributed by atoms with Crippen molar-refractivity contribution in [2.24, 2.45) is 0 Å². The van der Waals surface area contributed by atoms with Crippen LogP contribution in [0.3, 0.4) is 0 Å². The van der Waals surface area contributed by atoms with Crippen LogP contribution in [0.5, 0.6) is 0 Å². The van der Waals surface area contributed by atoms with Gasteiger partial charge in [0.15, 0.2) is 0 Å². The number of imidazole rings is 1. The molecule has 2 heterocycles. The van der Waals surface area contributed by atoms with E-state index in [4.69, 9.17) is 0 Å². The van der Waals surface area contributed by atoms with Gasteiger partial charge in [-0.25, -0.2) is 4.79 Å². The van der Waals surface area contributed by atoms with Gasteiger partial charge in [-0.15, -0.1) is 0 Å². The highest BCUT2D eigenvalue weighted by Crippen LogP contribution is 2.23. The van der Waals surface area contributed by atoms with Crippen LogP contribution in [0.15, 0.2) is 65.7 Å². The first-order valence-corrected chi connectivity index (χ1v) is 6.37. The summed E-state index contributed by atoms with van der Waals surface area (Å²) in [5.74, 6) is 0. The SMILES string of the molecule is O=c1[nH]c2ccccc2n1-c1cccc2cnccc12. The molecule has 4 aromatic rings. The minimum absolute atomic E-state index is 0.129. The third-order valence-electron chi connectivity index (χ3n) is 3.49. The van der Waals surface area contributed by atoms with Crippen LogP contribution in [0.25, 0.3) is 27.5 Å². The lowest BCUT2D eigenvalue weighted by Gasteiger charge is -2.07. The highest BCUT2D eigenvalue weighted by Gasteiger charge is 2.10. The van der Waals surface area contributed by atoms with Crippen molar-refractivity contribution < 1.29 is 0 Å². The first-order valence-electron chi connectivity index (χ1n) is 6.37. The van der Waals surface area contributed by atoms with Crippen LogP contribution in [0, 0.1) is 0 Å². The Labute approximate surface area is 114 Å². The van der Waals surface area contributed by atoms with Gasteiger partial charge >= 0.3 is 5.69 Å². The molecule has 0 fully saturated rings. The van der Waals surface area contributed by atoms with Crippen LogP contribution in [-0.4, -0.2) is 14.5 Å². The Kier molecular flexibility index (Phi) is 2.23. The van der Waals surface area contributed by atoms with E-state index >= 15 is 0 Å². The molecule has 0 bridgehead atoms. The monoisotopic (exact) mass is 261 g/mol. The predicted octanol–water partition coefficient (Wildman–Crippen LogP) is 2.87. The smallest absolute Gasteiger partial charge is 0.305 e. The van der Waals surface area contributed by atoms with Crippen molar-refractivity contribution in [3.63, 3.8) is 0 Å². The number of hydrogen-bond donors (Lipinski definition) is 1. The molecule has 0 radical (unpaired) electrons. The summed E-state index contributed by atoms with van der Waals surface area (Å²) in [6.45, 7) is 0. The van der Waals surface area contributed by atoms with Crippen molar-refractivity contribution >= 4 is 21.8 Å². The second-order valence-electron chi connectivity index (χ2n) is 4.66. The zero-order valence-electron chi connectivity index (χ0n) is 10.6. The zero-order chi connectivity index (χ0) is 13.5. The highest BCUT2D eigenvalue weighted by molar-refractivity contribution is 5.91. The zero-order valence-corrected chi connectivity index (χ0v) is 10.6. The number of nitrogens with one attached hydrogen (secondary N) is 1. The average molecular weight is 261 g/mol. The molecule has 20 heavy (non-hydrogen) atoms. The highest BCUT2D eigenvalue weighted by atomic mass is 16.1. The van der Waals surface area contributed by atoms with E-state index in [1.807, 2.05) is 48.5 Å². The summed E-state index contributed by atoms with van der Waals surface area (Å²) in [5.41, 5.74) is 2.45. The molecule has 0 saturated heterocycles. The number of rotatable bonds is 1. The molecule has 0 aliphatic carbocycles. The van der Waals surface area contributed by atoms with Crippen molar-refractivity contribution in [2.75, 3.05) is 0 Å². The summed E-state index contributed by atoms with van der Waals surface area (Å²) >= 11 is 0. The Morgan fingerprint density at radius 2 is 1.90 bits per heavy atom. The van der Waals surface area contributed by atoms with Crippen molar-refractivity contribution in [1.82, 2.24) is 14.5 Å². The van der Waals surface area contributed by atoms with Gasteiger partial charge in [-0.2, -0.15) is 0 Å². The standard InChI is InChI=1S/C16H11N3O/c20-16-18-13-5-1-2-6-15(13)19(16)14-7-3-4-11-10-17-9-8-12(11)14/h1-10H,(H,18,20). The molecule has 4 rings (SSSR count). The van der Waals surface area contributed by atoms with Crippen molar-refractivity contribution in [1.29, 1.82) is 0 Å². The summed E-state index contributed by atoms with van der Waals surface area (Å²) in [4.78, 5) is 19.3. The molecule has 0 spiro atoms. The van der Waals surface area contributed by atoms with E-state index in [-0.39, 0.29) is 5.69 Å². The minimum atomic E-state index is -0.129. The van der Waals surface area contributed by atoms with E-state index in [0.29, 0.717) is 0 Å². The maximum atomic E-state index is 12.3. The fourth-order valence-corrected chi connectivity index (χ4v) is 2.59. The molecule has 96 valence electrons. The summed E-state index contributed by atoms with van der Waals surface area (Å²) in [6, 6.07) is 15.5. The van der Waals surface area contributed by atoms with Crippen molar-refractivity contribution in [3.8, 4) is 5.69 Å². The van der Waals surface area contributed by atoms with E-state index in [1.165, 1.54) is 0 Å². The van der Waals surface area contributed by atoms with Gasteiger partial charge in [0, 0.05) is 23.2 Å². The third-order valence-corrected chi connectivity index (χ3v) is 3.49. The molecule has 1 N–H and O–H groups in total. The van der Waals surface area contributed by atoms with E-state index in [0.717, 1.165) is 27.5 Å². The van der Waals surface area contributed by atoms with E-state index in [2.05, 4.69) is 9.97 Å². The Morgan fingerprint density at radius 1 is 1.00 bits per heavy atom. The molecule has 2 aromatic carbocycles. The average Bonchev–Trinajstić information content (AvgIpc) is 2.82. The molecule has 4 heteroatoms. The van der Waals surface area contributed by atoms with E-state index < -0.39 is 0 Å². The summed E-state index contributed by atoms with van der Waals surface area (Å²) in [5, 5.41) is 2.02. The Hall–Kier alpha value is -2.88. The molecule has 0 saturated carbocycles. The van der Waals surface area contributed by atoms with Gasteiger partial charge in [0.1, 0.15) is 0 Å². The van der Waals surface area contributed by atoms with Gasteiger partial charge in [-0.3, -0.25) is 9.55 Å². The van der Waals surface area contributed by atoms with Crippen molar-refractivity contribution in [3.05, 3.63) is 71.4 Å². The van der Waals surface area contributed by atoms with Gasteiger partial charge in [0.2, 0.25) is 0 Å². The van der Waals surface area contributed by atoms with Crippen LogP contribution in [-0.2, 0) is 0 Å². The minimum Gasteiger partial charge on any atom is -0.305 e. The van der Waals surface area contributed by atoms with Crippen LogP contribution >= 0.6 is 0 Å². The second-order valence-corrected chi connectivity index (χ2v) is 4.66. The number of H-pyrrole nitrogens is 1. The molecular formula is C16H11N3O. The molecule has 0 amide bonds. The van der Waals surface area contributed by atoms with Gasteiger partial charge < -0.3 is 4.98 Å². The Balaban J connectivity index is 2.17. The molecule has 4 nitrogen and oxygen atoms in total. The fourth-order valence-electron chi connectivity index (χ4n) is 2.59. The van der Waals surface area contributed by atoms with Crippen LogP contribution in [0.2, 0.25) is 0 Å². The van der Waals surface area contributed by atoms with E-state index in [1.54, 1.807) is 17.0 Å².